The highest BCUT2D eigenvalue weighted by molar-refractivity contribution is 5.85. The van der Waals surface area contributed by atoms with Gasteiger partial charge in [-0.2, -0.15) is 39.5 Å². The summed E-state index contributed by atoms with van der Waals surface area (Å²) in [5.41, 5.74) is -6.42. The number of amides is 1. The molecule has 0 aliphatic carbocycles. The first kappa shape index (κ1) is 22.8. The fourth-order valence-corrected chi connectivity index (χ4v) is 2.10. The molecule has 0 radical (unpaired) electrons. The monoisotopic (exact) mass is 375 g/mol. The number of halogens is 9. The van der Waals surface area contributed by atoms with Crippen LogP contribution in [0.4, 0.5) is 39.5 Å². The zero-order chi connectivity index (χ0) is 19.4. The number of rotatable bonds is 7. The van der Waals surface area contributed by atoms with Crippen LogP contribution in [0, 0.1) is 5.41 Å². The molecule has 2 nitrogen and oxygen atoms in total. The summed E-state index contributed by atoms with van der Waals surface area (Å²) in [7, 11) is 0. The SMILES string of the molecule is CCCCN(CCCC)C(=O)C(C(F)(F)F)(C(F)(F)F)C(F)(F)F. The lowest BCUT2D eigenvalue weighted by Crippen LogP contribution is -2.67. The highest BCUT2D eigenvalue weighted by atomic mass is 19.4. The Hall–Kier alpha value is -1.16. The van der Waals surface area contributed by atoms with Crippen molar-refractivity contribution >= 4 is 5.91 Å². The molecule has 0 aliphatic heterocycles. The van der Waals surface area contributed by atoms with Crippen LogP contribution < -0.4 is 0 Å². The normalized spacial score (nSPS) is 14.0. The zero-order valence-electron chi connectivity index (χ0n) is 13.0. The van der Waals surface area contributed by atoms with Gasteiger partial charge in [0.25, 0.3) is 5.91 Å². The molecule has 144 valence electrons. The van der Waals surface area contributed by atoms with Crippen LogP contribution in [-0.2, 0) is 4.79 Å². The number of alkyl halides is 9. The molecule has 1 amide bonds. The molecule has 24 heavy (non-hydrogen) atoms. The minimum atomic E-state index is -6.86. The molecular formula is C13H18F9NO. The van der Waals surface area contributed by atoms with E-state index in [4.69, 9.17) is 0 Å². The quantitative estimate of drug-likeness (QED) is 0.568. The topological polar surface area (TPSA) is 20.3 Å². The number of hydrogen-bond acceptors (Lipinski definition) is 1. The lowest BCUT2D eigenvalue weighted by molar-refractivity contribution is -0.409. The van der Waals surface area contributed by atoms with Crippen LogP contribution in [0.1, 0.15) is 39.5 Å². The molecule has 0 spiro atoms. The average Bonchev–Trinajstić information content (AvgIpc) is 2.33. The second-order valence-corrected chi connectivity index (χ2v) is 5.24. The molecular weight excluding hydrogens is 357 g/mol. The third-order valence-corrected chi connectivity index (χ3v) is 3.45. The Balaban J connectivity index is 6.24. The van der Waals surface area contributed by atoms with Crippen molar-refractivity contribution in [2.75, 3.05) is 13.1 Å². The van der Waals surface area contributed by atoms with Crippen molar-refractivity contribution in [1.29, 1.82) is 0 Å². The van der Waals surface area contributed by atoms with Gasteiger partial charge >= 0.3 is 23.9 Å². The molecule has 0 N–H and O–H groups in total. The van der Waals surface area contributed by atoms with Crippen molar-refractivity contribution in [3.05, 3.63) is 0 Å². The molecule has 0 aromatic heterocycles. The summed E-state index contributed by atoms with van der Waals surface area (Å²) in [6.45, 7) is 1.85. The van der Waals surface area contributed by atoms with Crippen molar-refractivity contribution in [2.45, 2.75) is 58.1 Å². The summed E-state index contributed by atoms with van der Waals surface area (Å²) in [6.07, 6.45) is -20.1. The van der Waals surface area contributed by atoms with E-state index >= 15 is 0 Å². The van der Waals surface area contributed by atoms with Gasteiger partial charge in [0.05, 0.1) is 0 Å². The van der Waals surface area contributed by atoms with Crippen LogP contribution in [-0.4, -0.2) is 42.4 Å². The fourth-order valence-electron chi connectivity index (χ4n) is 2.10. The smallest absolute Gasteiger partial charge is 0.341 e. The maximum Gasteiger partial charge on any atom is 0.421 e. The lowest BCUT2D eigenvalue weighted by Gasteiger charge is -2.40. The Morgan fingerprint density at radius 1 is 0.708 bits per heavy atom. The molecule has 0 fully saturated rings. The van der Waals surface area contributed by atoms with Crippen molar-refractivity contribution in [1.82, 2.24) is 4.90 Å². The van der Waals surface area contributed by atoms with Gasteiger partial charge in [-0.05, 0) is 12.8 Å². The van der Waals surface area contributed by atoms with Crippen molar-refractivity contribution in [3.8, 4) is 0 Å². The van der Waals surface area contributed by atoms with E-state index in [1.165, 1.54) is 13.8 Å². The van der Waals surface area contributed by atoms with Crippen molar-refractivity contribution in [2.24, 2.45) is 5.41 Å². The molecule has 0 aliphatic rings. The van der Waals surface area contributed by atoms with Gasteiger partial charge in [-0.1, -0.05) is 26.7 Å². The van der Waals surface area contributed by atoms with E-state index < -0.39 is 42.9 Å². The van der Waals surface area contributed by atoms with E-state index in [0.717, 1.165) is 0 Å². The molecule has 0 aromatic carbocycles. The molecule has 0 unspecified atom stereocenters. The van der Waals surface area contributed by atoms with E-state index in [0.29, 0.717) is 0 Å². The Labute approximate surface area is 133 Å². The Kier molecular flexibility index (Phi) is 7.44. The third-order valence-electron chi connectivity index (χ3n) is 3.45. The summed E-state index contributed by atoms with van der Waals surface area (Å²) in [6, 6.07) is 0. The average molecular weight is 375 g/mol. The van der Waals surface area contributed by atoms with Gasteiger partial charge in [0, 0.05) is 13.1 Å². The van der Waals surface area contributed by atoms with Gasteiger partial charge in [-0.25, -0.2) is 0 Å². The number of unbranched alkanes of at least 4 members (excludes halogenated alkanes) is 2. The van der Waals surface area contributed by atoms with Crippen LogP contribution in [0.5, 0.6) is 0 Å². The molecule has 0 heterocycles. The van der Waals surface area contributed by atoms with E-state index in [1.54, 1.807) is 0 Å². The Morgan fingerprint density at radius 2 is 1.00 bits per heavy atom. The van der Waals surface area contributed by atoms with Crippen LogP contribution in [0.3, 0.4) is 0 Å². The van der Waals surface area contributed by atoms with Gasteiger partial charge in [-0.15, -0.1) is 0 Å². The number of carbonyl (C=O) groups is 1. The fraction of sp³-hybridized carbons (Fsp3) is 0.923. The molecule has 0 atom stereocenters. The summed E-state index contributed by atoms with van der Waals surface area (Å²) in [5, 5.41) is 0. The Bertz CT molecular complexity index is 367. The van der Waals surface area contributed by atoms with Gasteiger partial charge in [0.1, 0.15) is 0 Å². The third kappa shape index (κ3) is 4.27. The summed E-state index contributed by atoms with van der Waals surface area (Å²) >= 11 is 0. The molecule has 0 bridgehead atoms. The maximum absolute atomic E-state index is 12.9. The highest BCUT2D eigenvalue weighted by Gasteiger charge is 2.88. The summed E-state index contributed by atoms with van der Waals surface area (Å²) in [5.74, 6) is -3.02. The van der Waals surface area contributed by atoms with E-state index in [-0.39, 0.29) is 30.6 Å². The van der Waals surface area contributed by atoms with Crippen LogP contribution in [0.2, 0.25) is 0 Å². The predicted molar refractivity (Wildman–Crippen MR) is 67.0 cm³/mol. The first-order valence-electron chi connectivity index (χ1n) is 7.18. The number of carbonyl (C=O) groups excluding carboxylic acids is 1. The van der Waals surface area contributed by atoms with E-state index in [1.807, 2.05) is 0 Å². The van der Waals surface area contributed by atoms with E-state index in [9.17, 15) is 44.3 Å². The number of nitrogens with zero attached hydrogens (tertiary/aromatic N) is 1. The summed E-state index contributed by atoms with van der Waals surface area (Å²) in [4.78, 5) is 11.9. The van der Waals surface area contributed by atoms with Crippen LogP contribution in [0.15, 0.2) is 0 Å². The first-order valence-corrected chi connectivity index (χ1v) is 7.18. The van der Waals surface area contributed by atoms with Gasteiger partial charge in [-0.3, -0.25) is 4.79 Å². The molecule has 0 aromatic rings. The molecule has 0 rings (SSSR count). The van der Waals surface area contributed by atoms with Gasteiger partial charge < -0.3 is 4.90 Å². The molecule has 11 heteroatoms. The van der Waals surface area contributed by atoms with Crippen LogP contribution >= 0.6 is 0 Å². The second-order valence-electron chi connectivity index (χ2n) is 5.24. The van der Waals surface area contributed by atoms with Crippen molar-refractivity contribution < 1.29 is 44.3 Å². The predicted octanol–water partition coefficient (Wildman–Crippen LogP) is 5.09. The van der Waals surface area contributed by atoms with Crippen LogP contribution in [0.25, 0.3) is 0 Å². The molecule has 0 saturated heterocycles. The highest BCUT2D eigenvalue weighted by Crippen LogP contribution is 2.60. The van der Waals surface area contributed by atoms with Gasteiger partial charge in [0.2, 0.25) is 0 Å². The van der Waals surface area contributed by atoms with E-state index in [2.05, 4.69) is 0 Å². The zero-order valence-corrected chi connectivity index (χ0v) is 13.0. The standard InChI is InChI=1S/C13H18F9NO/c1-3-5-7-23(8-6-4-2)9(24)10(11(14,15)16,12(17,18)19)13(20,21)22/h3-8H2,1-2H3. The van der Waals surface area contributed by atoms with Gasteiger partial charge in [0.15, 0.2) is 0 Å². The number of hydrogen-bond donors (Lipinski definition) is 0. The van der Waals surface area contributed by atoms with Crippen molar-refractivity contribution in [3.63, 3.8) is 0 Å². The maximum atomic E-state index is 12.9. The first-order chi connectivity index (χ1) is 10.7. The minimum absolute atomic E-state index is 0.0148. The Morgan fingerprint density at radius 3 is 1.21 bits per heavy atom. The lowest BCUT2D eigenvalue weighted by atomic mass is 9.83. The summed E-state index contributed by atoms with van der Waals surface area (Å²) < 4.78 is 116. The minimum Gasteiger partial charge on any atom is -0.341 e. The molecule has 0 saturated carbocycles. The second kappa shape index (κ2) is 7.81. The largest absolute Gasteiger partial charge is 0.421 e.